The summed E-state index contributed by atoms with van der Waals surface area (Å²) in [6.07, 6.45) is 0.132. The molecule has 0 saturated carbocycles. The van der Waals surface area contributed by atoms with E-state index in [0.717, 1.165) is 0 Å². The van der Waals surface area contributed by atoms with E-state index in [-0.39, 0.29) is 17.2 Å². The number of carboxylic acids is 1. The molecule has 0 saturated heterocycles. The topological polar surface area (TPSA) is 83.5 Å². The van der Waals surface area contributed by atoms with Crippen molar-refractivity contribution >= 4 is 17.6 Å². The highest BCUT2D eigenvalue weighted by Crippen LogP contribution is 2.25. The van der Waals surface area contributed by atoms with Crippen molar-refractivity contribution in [3.05, 3.63) is 28.8 Å². The second-order valence-electron chi connectivity index (χ2n) is 3.69. The van der Waals surface area contributed by atoms with Gasteiger partial charge in [-0.3, -0.25) is 4.79 Å². The van der Waals surface area contributed by atoms with Crippen LogP contribution in [-0.4, -0.2) is 21.7 Å². The van der Waals surface area contributed by atoms with Gasteiger partial charge >= 0.3 is 5.97 Å². The van der Waals surface area contributed by atoms with Crippen LogP contribution in [-0.2, 0) is 11.2 Å². The summed E-state index contributed by atoms with van der Waals surface area (Å²) in [4.78, 5) is 10.8. The fraction of sp³-hybridized carbons (Fsp3) is 0.300. The van der Waals surface area contributed by atoms with E-state index in [1.54, 1.807) is 6.07 Å². The number of halogens is 1. The Morgan fingerprint density at radius 3 is 2.67 bits per heavy atom. The van der Waals surface area contributed by atoms with Crippen LogP contribution in [0.15, 0.2) is 18.2 Å². The monoisotopic (exact) mass is 229 g/mol. The number of phenols is 1. The largest absolute Gasteiger partial charge is 0.506 e. The van der Waals surface area contributed by atoms with E-state index >= 15 is 0 Å². The first-order chi connectivity index (χ1) is 6.83. The molecule has 82 valence electrons. The molecule has 15 heavy (non-hydrogen) atoms. The number of carboxylic acid groups (broad SMARTS) is 1. The first-order valence-corrected chi connectivity index (χ1v) is 4.70. The van der Waals surface area contributed by atoms with Gasteiger partial charge in [0.15, 0.2) is 0 Å². The predicted octanol–water partition coefficient (Wildman–Crippen LogP) is 1.39. The molecule has 1 aromatic rings. The van der Waals surface area contributed by atoms with Crippen molar-refractivity contribution in [2.24, 2.45) is 5.73 Å². The number of aromatic hydroxyl groups is 1. The summed E-state index contributed by atoms with van der Waals surface area (Å²) in [5.74, 6) is -1.16. The van der Waals surface area contributed by atoms with E-state index in [1.165, 1.54) is 19.1 Å². The molecule has 0 heterocycles. The smallest absolute Gasteiger partial charge is 0.323 e. The molecule has 4 nitrogen and oxygen atoms in total. The second-order valence-corrected chi connectivity index (χ2v) is 4.09. The van der Waals surface area contributed by atoms with E-state index in [9.17, 15) is 9.90 Å². The molecule has 0 aliphatic carbocycles. The van der Waals surface area contributed by atoms with Crippen LogP contribution in [0.3, 0.4) is 0 Å². The van der Waals surface area contributed by atoms with Gasteiger partial charge in [0.1, 0.15) is 11.3 Å². The van der Waals surface area contributed by atoms with E-state index < -0.39 is 11.5 Å². The molecule has 4 N–H and O–H groups in total. The maximum Gasteiger partial charge on any atom is 0.323 e. The van der Waals surface area contributed by atoms with Crippen molar-refractivity contribution in [2.45, 2.75) is 18.9 Å². The van der Waals surface area contributed by atoms with Crippen LogP contribution in [0, 0.1) is 0 Å². The summed E-state index contributed by atoms with van der Waals surface area (Å²) >= 11 is 5.62. The number of aliphatic carboxylic acids is 1. The summed E-state index contributed by atoms with van der Waals surface area (Å²) in [5, 5.41) is 18.4. The number of hydrogen-bond acceptors (Lipinski definition) is 3. The normalized spacial score (nSPS) is 14.6. The van der Waals surface area contributed by atoms with Crippen LogP contribution < -0.4 is 5.73 Å². The van der Waals surface area contributed by atoms with Crippen LogP contribution in [0.5, 0.6) is 5.75 Å². The van der Waals surface area contributed by atoms with Crippen LogP contribution in [0.1, 0.15) is 12.5 Å². The van der Waals surface area contributed by atoms with Gasteiger partial charge in [-0.05, 0) is 24.6 Å². The lowest BCUT2D eigenvalue weighted by atomic mass is 9.94. The van der Waals surface area contributed by atoms with Gasteiger partial charge in [0.25, 0.3) is 0 Å². The van der Waals surface area contributed by atoms with Gasteiger partial charge in [-0.2, -0.15) is 0 Å². The lowest BCUT2D eigenvalue weighted by Crippen LogP contribution is -2.46. The number of hydrogen-bond donors (Lipinski definition) is 3. The zero-order chi connectivity index (χ0) is 11.6. The molecular formula is C10H12ClNO3. The molecular weight excluding hydrogens is 218 g/mol. The third-order valence-corrected chi connectivity index (χ3v) is 2.39. The van der Waals surface area contributed by atoms with Gasteiger partial charge in [0.2, 0.25) is 0 Å². The first kappa shape index (κ1) is 11.8. The Kier molecular flexibility index (Phi) is 3.21. The van der Waals surface area contributed by atoms with Gasteiger partial charge in [-0.25, -0.2) is 0 Å². The Balaban J connectivity index is 2.91. The average Bonchev–Trinajstić information content (AvgIpc) is 2.10. The summed E-state index contributed by atoms with van der Waals surface area (Å²) in [7, 11) is 0. The Morgan fingerprint density at radius 2 is 2.20 bits per heavy atom. The maximum atomic E-state index is 10.8. The standard InChI is InChI=1S/C10H12ClNO3/c1-10(12,9(14)15)5-6-2-3-7(11)8(13)4-6/h2-4,13H,5,12H2,1H3,(H,14,15)/t10-/m0/s1. The molecule has 0 fully saturated rings. The number of rotatable bonds is 3. The second kappa shape index (κ2) is 4.08. The van der Waals surface area contributed by atoms with E-state index in [2.05, 4.69) is 0 Å². The molecule has 0 amide bonds. The van der Waals surface area contributed by atoms with Crippen molar-refractivity contribution in [1.29, 1.82) is 0 Å². The molecule has 1 rings (SSSR count). The average molecular weight is 230 g/mol. The van der Waals surface area contributed by atoms with Gasteiger partial charge in [-0.15, -0.1) is 0 Å². The quantitative estimate of drug-likeness (QED) is 0.731. The number of phenolic OH excluding ortho intramolecular Hbond substituents is 1. The van der Waals surface area contributed by atoms with Gasteiger partial charge in [0.05, 0.1) is 5.02 Å². The van der Waals surface area contributed by atoms with Crippen molar-refractivity contribution < 1.29 is 15.0 Å². The van der Waals surface area contributed by atoms with Gasteiger partial charge in [0, 0.05) is 6.42 Å². The molecule has 0 aromatic heterocycles. The minimum atomic E-state index is -1.35. The molecule has 0 bridgehead atoms. The number of carbonyl (C=O) groups is 1. The Morgan fingerprint density at radius 1 is 1.60 bits per heavy atom. The minimum Gasteiger partial charge on any atom is -0.506 e. The number of benzene rings is 1. The third kappa shape index (κ3) is 2.84. The molecule has 0 spiro atoms. The van der Waals surface area contributed by atoms with Crippen molar-refractivity contribution in [1.82, 2.24) is 0 Å². The van der Waals surface area contributed by atoms with Crippen molar-refractivity contribution in [2.75, 3.05) is 0 Å². The highest BCUT2D eigenvalue weighted by Gasteiger charge is 2.28. The van der Waals surface area contributed by atoms with Crippen LogP contribution in [0.4, 0.5) is 0 Å². The molecule has 0 aliphatic rings. The highest BCUT2D eigenvalue weighted by atomic mass is 35.5. The SMILES string of the molecule is C[C@](N)(Cc1ccc(Cl)c(O)c1)C(=O)O. The van der Waals surface area contributed by atoms with E-state index in [0.29, 0.717) is 5.56 Å². The Labute approximate surface area is 92.3 Å². The third-order valence-electron chi connectivity index (χ3n) is 2.07. The Bertz CT molecular complexity index is 390. The molecule has 1 aromatic carbocycles. The maximum absolute atomic E-state index is 10.8. The van der Waals surface area contributed by atoms with Crippen molar-refractivity contribution in [3.8, 4) is 5.75 Å². The van der Waals surface area contributed by atoms with Crippen LogP contribution >= 0.6 is 11.6 Å². The van der Waals surface area contributed by atoms with Crippen LogP contribution in [0.2, 0.25) is 5.02 Å². The molecule has 0 radical (unpaired) electrons. The number of nitrogens with two attached hydrogens (primary N) is 1. The molecule has 0 unspecified atom stereocenters. The highest BCUT2D eigenvalue weighted by molar-refractivity contribution is 6.32. The van der Waals surface area contributed by atoms with Crippen molar-refractivity contribution in [3.63, 3.8) is 0 Å². The molecule has 1 atom stereocenters. The van der Waals surface area contributed by atoms with E-state index in [1.807, 2.05) is 0 Å². The fourth-order valence-electron chi connectivity index (χ4n) is 1.17. The lowest BCUT2D eigenvalue weighted by Gasteiger charge is -2.19. The van der Waals surface area contributed by atoms with Crippen LogP contribution in [0.25, 0.3) is 0 Å². The molecule has 5 heteroatoms. The summed E-state index contributed by atoms with van der Waals surface area (Å²) in [6, 6.07) is 4.55. The van der Waals surface area contributed by atoms with Gasteiger partial charge < -0.3 is 15.9 Å². The summed E-state index contributed by atoms with van der Waals surface area (Å²) in [6.45, 7) is 1.42. The zero-order valence-corrected chi connectivity index (χ0v) is 8.95. The summed E-state index contributed by atoms with van der Waals surface area (Å²) in [5.41, 5.74) is 4.85. The summed E-state index contributed by atoms with van der Waals surface area (Å²) < 4.78 is 0. The van der Waals surface area contributed by atoms with Gasteiger partial charge in [-0.1, -0.05) is 17.7 Å². The van der Waals surface area contributed by atoms with E-state index in [4.69, 9.17) is 22.4 Å². The Hall–Kier alpha value is -1.26. The fourth-order valence-corrected chi connectivity index (χ4v) is 1.29. The zero-order valence-electron chi connectivity index (χ0n) is 8.20. The first-order valence-electron chi connectivity index (χ1n) is 4.32. The molecule has 0 aliphatic heterocycles. The lowest BCUT2D eigenvalue weighted by molar-refractivity contribution is -0.142. The minimum absolute atomic E-state index is 0.0737. The predicted molar refractivity (Wildman–Crippen MR) is 57.0 cm³/mol.